The van der Waals surface area contributed by atoms with Crippen molar-refractivity contribution < 1.29 is 33.6 Å². The lowest BCUT2D eigenvalue weighted by Crippen LogP contribution is -2.52. The summed E-state index contributed by atoms with van der Waals surface area (Å²) in [5, 5.41) is 16.0. The highest BCUT2D eigenvalue weighted by atomic mass is 16.2. The fraction of sp³-hybridized carbons (Fsp3) is 0.343. The number of hydrogen-bond acceptors (Lipinski definition) is 11. The van der Waals surface area contributed by atoms with E-state index in [4.69, 9.17) is 0 Å². The normalized spacial score (nSPS) is 18.8. The van der Waals surface area contributed by atoms with Gasteiger partial charge in [0, 0.05) is 55.2 Å². The molecule has 3 aliphatic rings. The van der Waals surface area contributed by atoms with Crippen LogP contribution in [0.3, 0.4) is 0 Å². The summed E-state index contributed by atoms with van der Waals surface area (Å²) in [6, 6.07) is 8.20. The summed E-state index contributed by atoms with van der Waals surface area (Å²) in [4.78, 5) is 107. The van der Waals surface area contributed by atoms with E-state index >= 15 is 0 Å². The summed E-state index contributed by atoms with van der Waals surface area (Å²) in [6.07, 6.45) is 2.26. The van der Waals surface area contributed by atoms with Crippen LogP contribution in [0, 0.1) is 6.92 Å². The van der Waals surface area contributed by atoms with Crippen molar-refractivity contribution in [1.29, 1.82) is 0 Å². The van der Waals surface area contributed by atoms with Gasteiger partial charge in [-0.15, -0.1) is 5.10 Å². The largest absolute Gasteiger partial charge is 0.326 e. The molecule has 2 atom stereocenters. The molecule has 2 fully saturated rings. The van der Waals surface area contributed by atoms with Gasteiger partial charge in [0.15, 0.2) is 5.78 Å². The average molecular weight is 708 g/mol. The van der Waals surface area contributed by atoms with Crippen LogP contribution in [0.15, 0.2) is 47.4 Å². The average Bonchev–Trinajstić information content (AvgIpc) is 3.68. The van der Waals surface area contributed by atoms with Gasteiger partial charge in [0.05, 0.1) is 34.7 Å². The van der Waals surface area contributed by atoms with Gasteiger partial charge in [0.1, 0.15) is 24.2 Å². The van der Waals surface area contributed by atoms with Crippen molar-refractivity contribution in [3.05, 3.63) is 75.6 Å². The van der Waals surface area contributed by atoms with E-state index in [-0.39, 0.29) is 98.4 Å². The Morgan fingerprint density at radius 3 is 2.46 bits per heavy atom. The number of carbonyl (C=O) groups is 7. The van der Waals surface area contributed by atoms with Gasteiger partial charge < -0.3 is 15.5 Å². The number of aryl methyl sites for hydroxylation is 2. The van der Waals surface area contributed by atoms with Gasteiger partial charge in [-0.05, 0) is 44.0 Å². The van der Waals surface area contributed by atoms with E-state index in [1.54, 1.807) is 43.3 Å². The first kappa shape index (κ1) is 34.1. The maximum absolute atomic E-state index is 13.7. The Morgan fingerprint density at radius 2 is 1.67 bits per heavy atom. The van der Waals surface area contributed by atoms with Crippen molar-refractivity contribution in [1.82, 2.24) is 34.8 Å². The summed E-state index contributed by atoms with van der Waals surface area (Å²) < 4.78 is 2.60. The van der Waals surface area contributed by atoms with Gasteiger partial charge in [0.25, 0.3) is 11.5 Å². The number of amides is 5. The highest BCUT2D eigenvalue weighted by molar-refractivity contribution is 6.07. The molecule has 17 heteroatoms. The molecule has 0 spiro atoms. The third-order valence-corrected chi connectivity index (χ3v) is 9.49. The maximum Gasteiger partial charge on any atom is 0.264 e. The minimum Gasteiger partial charge on any atom is -0.326 e. The number of piperidine rings is 1. The standard InChI is InChI=1S/C35H33N9O8/c1-18-36-24-6-3-7-25(32(24)35(52)44(18)26-10-9-20(45)14-28(26)46)38-31(49)17-42-15-19(40-41-42)8-12-29(47)37-23-5-2-4-21-22(23)16-43(34(21)51)27-11-13-30(48)39-33(27)50/h2-7,15,26-27H,8-14,16-17H2,1H3,(H,37,47)(H,38,49)(H,39,48,50). The molecule has 0 radical (unpaired) electrons. The molecular weight excluding hydrogens is 674 g/mol. The number of nitrogens with zero attached hydrogens (tertiary/aromatic N) is 6. The number of aromatic nitrogens is 5. The van der Waals surface area contributed by atoms with E-state index in [0.717, 1.165) is 0 Å². The molecule has 1 saturated heterocycles. The zero-order valence-corrected chi connectivity index (χ0v) is 28.0. The van der Waals surface area contributed by atoms with Crippen LogP contribution >= 0.6 is 0 Å². The van der Waals surface area contributed by atoms with Gasteiger partial charge in [0.2, 0.25) is 23.6 Å². The number of ketones is 2. The second kappa shape index (κ2) is 13.7. The van der Waals surface area contributed by atoms with E-state index in [1.807, 2.05) is 0 Å². The smallest absolute Gasteiger partial charge is 0.264 e. The zero-order chi connectivity index (χ0) is 36.7. The van der Waals surface area contributed by atoms with Crippen molar-refractivity contribution in [2.75, 3.05) is 10.6 Å². The fourth-order valence-corrected chi connectivity index (χ4v) is 6.98. The van der Waals surface area contributed by atoms with Crippen LogP contribution in [0.4, 0.5) is 11.4 Å². The zero-order valence-electron chi connectivity index (χ0n) is 28.0. The summed E-state index contributed by atoms with van der Waals surface area (Å²) in [6.45, 7) is 1.48. The summed E-state index contributed by atoms with van der Waals surface area (Å²) >= 11 is 0. The van der Waals surface area contributed by atoms with Crippen LogP contribution < -0.4 is 21.5 Å². The molecule has 4 heterocycles. The molecule has 2 aliphatic heterocycles. The Kier molecular flexibility index (Phi) is 9.00. The molecule has 4 aromatic rings. The number of benzene rings is 2. The van der Waals surface area contributed by atoms with E-state index in [1.165, 1.54) is 20.3 Å². The number of imide groups is 1. The van der Waals surface area contributed by atoms with Crippen molar-refractivity contribution in [2.45, 2.75) is 77.0 Å². The molecule has 5 amide bonds. The Labute approximate surface area is 294 Å². The number of nitrogens with one attached hydrogen (secondary N) is 3. The van der Waals surface area contributed by atoms with E-state index in [2.05, 4.69) is 31.2 Å². The van der Waals surface area contributed by atoms with Crippen LogP contribution in [-0.2, 0) is 48.3 Å². The predicted molar refractivity (Wildman–Crippen MR) is 182 cm³/mol. The maximum atomic E-state index is 13.7. The van der Waals surface area contributed by atoms with Crippen molar-refractivity contribution in [2.24, 2.45) is 0 Å². The Balaban J connectivity index is 0.970. The van der Waals surface area contributed by atoms with E-state index in [0.29, 0.717) is 33.8 Å². The van der Waals surface area contributed by atoms with Crippen molar-refractivity contribution in [3.63, 3.8) is 0 Å². The Bertz CT molecular complexity index is 2280. The second-order valence-corrected chi connectivity index (χ2v) is 13.0. The number of carbonyl (C=O) groups excluding carboxylic acids is 7. The fourth-order valence-electron chi connectivity index (χ4n) is 6.98. The number of rotatable bonds is 9. The topological polar surface area (TPSA) is 224 Å². The molecule has 1 aliphatic carbocycles. The van der Waals surface area contributed by atoms with Gasteiger partial charge in [-0.3, -0.25) is 48.2 Å². The SMILES string of the molecule is Cc1nc2cccc(NC(=O)Cn3cc(CCC(=O)Nc4cccc5c4CN(C4CCC(=O)NC4=O)C5=O)nn3)c2c(=O)n1C1CCC(=O)CC1=O. The quantitative estimate of drug-likeness (QED) is 0.165. The van der Waals surface area contributed by atoms with Gasteiger partial charge in [-0.25, -0.2) is 9.67 Å². The minimum absolute atomic E-state index is 0.0196. The highest BCUT2D eigenvalue weighted by Crippen LogP contribution is 2.32. The molecular formula is C35H33N9O8. The number of anilines is 2. The molecule has 2 aromatic heterocycles. The number of hydrogen-bond donors (Lipinski definition) is 3. The van der Waals surface area contributed by atoms with Crippen LogP contribution in [0.5, 0.6) is 0 Å². The predicted octanol–water partition coefficient (Wildman–Crippen LogP) is 1.13. The third kappa shape index (κ3) is 6.59. The molecule has 7 rings (SSSR count). The lowest BCUT2D eigenvalue weighted by molar-refractivity contribution is -0.137. The number of Topliss-reactive ketones (excluding diaryl/α,β-unsaturated/α-hetero) is 2. The Morgan fingerprint density at radius 1 is 0.923 bits per heavy atom. The van der Waals surface area contributed by atoms with Gasteiger partial charge in [-0.1, -0.05) is 17.3 Å². The van der Waals surface area contributed by atoms with Gasteiger partial charge >= 0.3 is 0 Å². The summed E-state index contributed by atoms with van der Waals surface area (Å²) in [5.41, 5.74) is 1.90. The minimum atomic E-state index is -0.811. The van der Waals surface area contributed by atoms with Gasteiger partial charge in [-0.2, -0.15) is 0 Å². The Hall–Kier alpha value is -6.39. The first-order chi connectivity index (χ1) is 25.0. The lowest BCUT2D eigenvalue weighted by atomic mass is 9.92. The molecule has 2 unspecified atom stereocenters. The molecule has 2 aromatic carbocycles. The van der Waals surface area contributed by atoms with Crippen molar-refractivity contribution >= 4 is 63.4 Å². The number of fused-ring (bicyclic) bond motifs is 2. The summed E-state index contributed by atoms with van der Waals surface area (Å²) in [7, 11) is 0. The van der Waals surface area contributed by atoms with E-state index in [9.17, 15) is 38.4 Å². The molecule has 17 nitrogen and oxygen atoms in total. The second-order valence-electron chi connectivity index (χ2n) is 13.0. The monoisotopic (exact) mass is 707 g/mol. The van der Waals surface area contributed by atoms with E-state index < -0.39 is 29.5 Å². The van der Waals surface area contributed by atoms with Crippen molar-refractivity contribution in [3.8, 4) is 0 Å². The molecule has 266 valence electrons. The summed E-state index contributed by atoms with van der Waals surface area (Å²) in [5.74, 6) is -2.28. The molecule has 52 heavy (non-hydrogen) atoms. The first-order valence-corrected chi connectivity index (χ1v) is 16.8. The molecule has 1 saturated carbocycles. The van der Waals surface area contributed by atoms with Crippen LogP contribution in [-0.4, -0.2) is 76.6 Å². The first-order valence-electron chi connectivity index (χ1n) is 16.8. The lowest BCUT2D eigenvalue weighted by Gasteiger charge is -2.29. The van der Waals surface area contributed by atoms with Crippen LogP contribution in [0.25, 0.3) is 10.9 Å². The molecule has 3 N–H and O–H groups in total. The molecule has 0 bridgehead atoms. The third-order valence-electron chi connectivity index (χ3n) is 9.49. The van der Waals surface area contributed by atoms with Crippen LogP contribution in [0.2, 0.25) is 0 Å². The van der Waals surface area contributed by atoms with Crippen LogP contribution in [0.1, 0.15) is 72.0 Å². The highest BCUT2D eigenvalue weighted by Gasteiger charge is 2.40.